The molecule has 0 saturated carbocycles. The van der Waals surface area contributed by atoms with Crippen LogP contribution in [0.25, 0.3) is 0 Å². The fourth-order valence-corrected chi connectivity index (χ4v) is 3.29. The fourth-order valence-electron chi connectivity index (χ4n) is 1.97. The third kappa shape index (κ3) is 2.20. The Bertz CT molecular complexity index is 376. The molecule has 0 spiro atoms. The first-order valence-electron chi connectivity index (χ1n) is 5.14. The maximum atomic E-state index is 12.1. The van der Waals surface area contributed by atoms with Crippen LogP contribution in [0.1, 0.15) is 30.6 Å². The molecule has 0 radical (unpaired) electrons. The summed E-state index contributed by atoms with van der Waals surface area (Å²) in [5.41, 5.74) is 0.852. The quantitative estimate of drug-likeness (QED) is 0.722. The zero-order valence-corrected chi connectivity index (χ0v) is 11.8. The summed E-state index contributed by atoms with van der Waals surface area (Å²) >= 11 is 3.89. The third-order valence-electron chi connectivity index (χ3n) is 3.22. The molecule has 2 atom stereocenters. The molecule has 15 heavy (non-hydrogen) atoms. The molecule has 1 saturated heterocycles. The maximum absolute atomic E-state index is 12.1. The lowest BCUT2D eigenvalue weighted by Crippen LogP contribution is -2.35. The van der Waals surface area contributed by atoms with Crippen LogP contribution in [-0.2, 0) is 0 Å². The van der Waals surface area contributed by atoms with Gasteiger partial charge in [-0.15, -0.1) is 11.3 Å². The number of nitrogens with zero attached hydrogens (tertiary/aromatic N) is 1. The number of thiophene rings is 1. The minimum absolute atomic E-state index is 0.200. The number of likely N-dealkylation sites (tertiary alicyclic amines) is 1. The zero-order chi connectivity index (χ0) is 11.0. The van der Waals surface area contributed by atoms with Gasteiger partial charge in [0.15, 0.2) is 0 Å². The fraction of sp³-hybridized carbons (Fsp3) is 0.545. The molecule has 4 heteroatoms. The van der Waals surface area contributed by atoms with Crippen LogP contribution in [-0.4, -0.2) is 23.4 Å². The topological polar surface area (TPSA) is 20.3 Å². The van der Waals surface area contributed by atoms with Crippen molar-refractivity contribution in [2.75, 3.05) is 6.54 Å². The van der Waals surface area contributed by atoms with E-state index in [-0.39, 0.29) is 5.91 Å². The van der Waals surface area contributed by atoms with E-state index in [0.29, 0.717) is 12.0 Å². The van der Waals surface area contributed by atoms with Crippen molar-refractivity contribution in [3.05, 3.63) is 19.9 Å². The minimum atomic E-state index is 0.200. The molecule has 1 aromatic rings. The van der Waals surface area contributed by atoms with Crippen LogP contribution >= 0.6 is 33.9 Å². The second kappa shape index (κ2) is 4.41. The lowest BCUT2D eigenvalue weighted by Gasteiger charge is -2.22. The molecule has 82 valence electrons. The van der Waals surface area contributed by atoms with Crippen LogP contribution in [0.3, 0.4) is 0 Å². The predicted octanol–water partition coefficient (Wildman–Crippen LogP) is 3.22. The molecule has 0 N–H and O–H groups in total. The van der Waals surface area contributed by atoms with Crippen molar-refractivity contribution in [3.8, 4) is 0 Å². The molecule has 1 amide bonds. The Hall–Kier alpha value is -0.100. The first-order valence-corrected chi connectivity index (χ1v) is 7.10. The van der Waals surface area contributed by atoms with Crippen molar-refractivity contribution in [1.29, 1.82) is 0 Å². The first kappa shape index (κ1) is 11.4. The minimum Gasteiger partial charge on any atom is -0.336 e. The van der Waals surface area contributed by atoms with Crippen molar-refractivity contribution in [3.63, 3.8) is 0 Å². The molecule has 1 aromatic heterocycles. The van der Waals surface area contributed by atoms with Crippen LogP contribution in [0.2, 0.25) is 0 Å². The maximum Gasteiger partial charge on any atom is 0.254 e. The second-order valence-corrected chi connectivity index (χ2v) is 6.95. The number of amides is 1. The van der Waals surface area contributed by atoms with Gasteiger partial charge in [0.05, 0.1) is 8.45 Å². The van der Waals surface area contributed by atoms with Gasteiger partial charge < -0.3 is 4.90 Å². The van der Waals surface area contributed by atoms with Gasteiger partial charge in [-0.3, -0.25) is 4.79 Å². The molecule has 2 heterocycles. The van der Waals surface area contributed by atoms with Crippen LogP contribution < -0.4 is 0 Å². The summed E-state index contributed by atoms with van der Waals surface area (Å²) in [6.07, 6.45) is 1.13. The highest BCUT2D eigenvalue weighted by molar-refractivity contribution is 14.1. The highest BCUT2D eigenvalue weighted by atomic mass is 127. The molecule has 1 aliphatic heterocycles. The first-order chi connectivity index (χ1) is 7.09. The van der Waals surface area contributed by atoms with Crippen molar-refractivity contribution in [1.82, 2.24) is 4.90 Å². The van der Waals surface area contributed by atoms with Crippen molar-refractivity contribution >= 4 is 39.8 Å². The van der Waals surface area contributed by atoms with Gasteiger partial charge in [0.25, 0.3) is 5.91 Å². The summed E-state index contributed by atoms with van der Waals surface area (Å²) in [6, 6.07) is 2.36. The van der Waals surface area contributed by atoms with Crippen LogP contribution in [0.15, 0.2) is 11.4 Å². The molecule has 0 bridgehead atoms. The van der Waals surface area contributed by atoms with E-state index in [9.17, 15) is 4.79 Å². The van der Waals surface area contributed by atoms with Gasteiger partial charge in [0.2, 0.25) is 0 Å². The molecule has 1 fully saturated rings. The van der Waals surface area contributed by atoms with Gasteiger partial charge in [-0.05, 0) is 47.9 Å². The number of rotatable bonds is 1. The number of hydrogen-bond acceptors (Lipinski definition) is 2. The van der Waals surface area contributed by atoms with Crippen molar-refractivity contribution in [2.45, 2.75) is 26.3 Å². The smallest absolute Gasteiger partial charge is 0.254 e. The Morgan fingerprint density at radius 2 is 2.33 bits per heavy atom. The molecule has 2 nitrogen and oxygen atoms in total. The normalized spacial score (nSPS) is 25.9. The van der Waals surface area contributed by atoms with E-state index < -0.39 is 0 Å². The van der Waals surface area contributed by atoms with Crippen molar-refractivity contribution in [2.24, 2.45) is 5.92 Å². The van der Waals surface area contributed by atoms with Crippen molar-refractivity contribution < 1.29 is 4.79 Å². The summed E-state index contributed by atoms with van der Waals surface area (Å²) < 4.78 is 1.18. The van der Waals surface area contributed by atoms with Gasteiger partial charge in [-0.1, -0.05) is 6.92 Å². The number of hydrogen-bond donors (Lipinski definition) is 0. The van der Waals surface area contributed by atoms with E-state index in [1.165, 1.54) is 2.88 Å². The molecule has 0 aromatic carbocycles. The third-order valence-corrected chi connectivity index (χ3v) is 5.00. The molecule has 1 aliphatic rings. The molecular formula is C11H14INOS. The zero-order valence-electron chi connectivity index (χ0n) is 8.87. The van der Waals surface area contributed by atoms with E-state index in [1.54, 1.807) is 11.3 Å². The molecule has 0 aliphatic carbocycles. The summed E-state index contributed by atoms with van der Waals surface area (Å²) in [4.78, 5) is 14.1. The van der Waals surface area contributed by atoms with E-state index in [0.717, 1.165) is 18.5 Å². The predicted molar refractivity (Wildman–Crippen MR) is 71.3 cm³/mol. The van der Waals surface area contributed by atoms with Crippen LogP contribution in [0.5, 0.6) is 0 Å². The Balaban J connectivity index is 2.15. The monoisotopic (exact) mass is 335 g/mol. The Kier molecular flexibility index (Phi) is 3.35. The van der Waals surface area contributed by atoms with Gasteiger partial charge in [-0.2, -0.15) is 0 Å². The standard InChI is InChI=1S/C11H14INOS/c1-7-3-4-13(8(7)2)11(14)9-5-10(12)15-6-9/h5-8H,3-4H2,1-2H3. The summed E-state index contributed by atoms with van der Waals surface area (Å²) in [5.74, 6) is 0.831. The summed E-state index contributed by atoms with van der Waals surface area (Å²) in [6.45, 7) is 5.27. The number of halogens is 1. The number of carbonyl (C=O) groups excluding carboxylic acids is 1. The van der Waals surface area contributed by atoms with Crippen LogP contribution in [0, 0.1) is 8.80 Å². The van der Waals surface area contributed by atoms with E-state index in [2.05, 4.69) is 36.4 Å². The van der Waals surface area contributed by atoms with E-state index >= 15 is 0 Å². The van der Waals surface area contributed by atoms with Gasteiger partial charge in [-0.25, -0.2) is 0 Å². The lowest BCUT2D eigenvalue weighted by molar-refractivity contribution is 0.0735. The van der Waals surface area contributed by atoms with E-state index in [4.69, 9.17) is 0 Å². The second-order valence-electron chi connectivity index (χ2n) is 4.14. The summed E-state index contributed by atoms with van der Waals surface area (Å²) in [7, 11) is 0. The van der Waals surface area contributed by atoms with Crippen LogP contribution in [0.4, 0.5) is 0 Å². The van der Waals surface area contributed by atoms with Gasteiger partial charge in [0.1, 0.15) is 0 Å². The average Bonchev–Trinajstić information content (AvgIpc) is 2.75. The highest BCUT2D eigenvalue weighted by Crippen LogP contribution is 2.26. The molecule has 2 unspecified atom stereocenters. The van der Waals surface area contributed by atoms with Gasteiger partial charge in [0, 0.05) is 18.0 Å². The number of carbonyl (C=O) groups is 1. The van der Waals surface area contributed by atoms with E-state index in [1.807, 2.05) is 16.3 Å². The highest BCUT2D eigenvalue weighted by Gasteiger charge is 2.31. The SMILES string of the molecule is CC1CCN(C(=O)c2csc(I)c2)C1C. The Morgan fingerprint density at radius 1 is 1.60 bits per heavy atom. The largest absolute Gasteiger partial charge is 0.336 e. The Labute approximate surface area is 108 Å². The summed E-state index contributed by atoms with van der Waals surface area (Å²) in [5, 5.41) is 1.96. The Morgan fingerprint density at radius 3 is 2.80 bits per heavy atom. The molecule has 2 rings (SSSR count). The lowest BCUT2D eigenvalue weighted by atomic mass is 10.1. The van der Waals surface area contributed by atoms with Gasteiger partial charge >= 0.3 is 0 Å². The average molecular weight is 335 g/mol. The molecular weight excluding hydrogens is 321 g/mol.